The van der Waals surface area contributed by atoms with Gasteiger partial charge in [-0.25, -0.2) is 0 Å². The van der Waals surface area contributed by atoms with Crippen molar-refractivity contribution in [2.24, 2.45) is 158 Å². The van der Waals surface area contributed by atoms with Crippen LogP contribution in [0, 0.1) is 158 Å². The maximum absolute atomic E-state index is 13.0. The standard InChI is InChI=1S/C49H76O4Si2.C41H72O5Si.C36H64O4Si/c1-34(2)20-19-27-48(33-52-55(12,36-21-15-13-16-22-36)37-23-17-14-18-24-37)32-49(48)41-30-39(50)43-45(7)28-26-40(53-54(10,11)44(4,5)6)35(3)38(45)25-29-46(43,8)47(41,9)31-42(49)51;1-26(2)16-15-19-40(25-45-34(44)35(4,5)6)24-41(40)31-22-29(42)33-37(10)20-18-30(46-47(13,14)36(7,8)9)27(3)28(37)17-21-38(33,11)39(31,12)23-32(41)43;1-23(2)13-12-16-35(22-37)21-36(35)28-19-26(38)30-32(7)17-15-27(40-41(10,11)31(4,5)6)24(3)25(32)14-18-33(30,8)34(28,9)20-29(36)39/h13-18,20-24,35,38-43,50-51H,19,25-33H2,1-12H3;16,27-33,42-43H,15,17-25H2,1-14H3;13,24-30,37-39H,12,14-22H2,1-11H3/t35?,38?,39?,40-,41?,42+,43?,45+,46?,47+,48?,49?;27?,28?,29?,30?,31?,32-,33?,37-,38?,39-,40?,41?;24?,25?,26?,27?,28?,29-,30?,32-,33?,34-,35?,36?/m100/s1. The summed E-state index contributed by atoms with van der Waals surface area (Å²) < 4.78 is 35.0. The normalized spacial score (nSPS) is 45.8. The second kappa shape index (κ2) is 38.3. The minimum absolute atomic E-state index is 0.0262. The molecule has 15 aliphatic carbocycles. The number of aliphatic hydroxyl groups is 7. The van der Waals surface area contributed by atoms with Gasteiger partial charge in [0.1, 0.15) is 0 Å². The Morgan fingerprint density at radius 1 is 0.385 bits per heavy atom. The lowest BCUT2D eigenvalue weighted by Gasteiger charge is -2.69. The number of fused-ring (bicyclic) bond motifs is 18. The Bertz CT molecular complexity index is 4910. The van der Waals surface area contributed by atoms with Crippen molar-refractivity contribution in [2.75, 3.05) is 19.8 Å². The summed E-state index contributed by atoms with van der Waals surface area (Å²) in [6, 6.07) is 21.8. The van der Waals surface area contributed by atoms with Crippen LogP contribution in [-0.2, 0) is 27.2 Å². The lowest BCUT2D eigenvalue weighted by molar-refractivity contribution is -0.240. The van der Waals surface area contributed by atoms with Crippen LogP contribution in [0.5, 0.6) is 0 Å². The third kappa shape index (κ3) is 17.9. The van der Waals surface area contributed by atoms with Gasteiger partial charge in [-0.15, -0.1) is 0 Å². The average Bonchev–Trinajstić information content (AvgIpc) is 1.49. The first-order valence-electron chi connectivity index (χ1n) is 58.3. The quantitative estimate of drug-likeness (QED) is 0.0315. The number of aliphatic hydroxyl groups excluding tert-OH is 7. The average molecular weight is 2050 g/mol. The number of rotatable bonds is 23. The molecule has 0 amide bonds. The van der Waals surface area contributed by atoms with Crippen molar-refractivity contribution >= 4 is 49.6 Å². The van der Waals surface area contributed by atoms with Gasteiger partial charge in [0.05, 0.1) is 48.6 Å². The van der Waals surface area contributed by atoms with Gasteiger partial charge < -0.3 is 58.2 Å². The van der Waals surface area contributed by atoms with E-state index in [1.807, 2.05) is 20.8 Å². The molecule has 0 aliphatic heterocycles. The van der Waals surface area contributed by atoms with Gasteiger partial charge in [0.2, 0.25) is 0 Å². The van der Waals surface area contributed by atoms with Crippen LogP contribution in [0.2, 0.25) is 60.9 Å². The summed E-state index contributed by atoms with van der Waals surface area (Å²) in [5.74, 6) is 4.29. The fourth-order valence-corrected chi connectivity index (χ4v) is 45.8. The first kappa shape index (κ1) is 115. The largest absolute Gasteiger partial charge is 0.465 e. The maximum Gasteiger partial charge on any atom is 0.311 e. The first-order valence-corrected chi connectivity index (χ1v) is 69.4. The summed E-state index contributed by atoms with van der Waals surface area (Å²) in [5, 5.41) is 88.3. The van der Waals surface area contributed by atoms with E-state index in [2.05, 4.69) is 312 Å². The molecular weight excluding hydrogens is 1830 g/mol. The van der Waals surface area contributed by atoms with Crippen molar-refractivity contribution in [3.8, 4) is 0 Å². The molecule has 36 atom stereocenters. The lowest BCUT2D eigenvalue weighted by atomic mass is 9.36. The molecule has 3 spiro atoms. The SMILES string of the molecule is CC(C)=CCCC1(CO)CC12C1CC(O)C3C(C)(CCC4C(C)C(O[Si](C)(C)C(C)(C)C)CC[C@@]43C)[C@@]1(C)C[C@@H]2O.CC(C)=CCCC1(COC(=O)C(C)(C)C)CC12C1CC(O)C3C(C)(CCC4C(C)C(O[Si](C)(C)C(C)(C)C)CC[C@@]43C)[C@@]1(C)C[C@@H]2O.CC(C)=CCCC1(CO[Si](C)(c2ccccc2)c2ccccc2)CC12C1CC(O)C3C(C)(CCC4C(C)[C@H](O[Si](C)(C)C(C)(C)C)CC[C@@]43C)[C@@]1(C)C[C@@H]2O. The zero-order valence-corrected chi connectivity index (χ0v) is 102. The number of benzene rings is 2. The van der Waals surface area contributed by atoms with Crippen LogP contribution < -0.4 is 10.4 Å². The molecule has 810 valence electrons. The predicted molar refractivity (Wildman–Crippen MR) is 599 cm³/mol. The van der Waals surface area contributed by atoms with Crippen molar-refractivity contribution in [2.45, 2.75) is 497 Å². The maximum atomic E-state index is 13.0. The van der Waals surface area contributed by atoms with E-state index in [1.54, 1.807) is 0 Å². The van der Waals surface area contributed by atoms with Crippen LogP contribution in [0.4, 0.5) is 0 Å². The van der Waals surface area contributed by atoms with Gasteiger partial charge in [0.15, 0.2) is 25.0 Å². The molecule has 15 saturated carbocycles. The fraction of sp³-hybridized carbons (Fsp3) is 0.849. The molecule has 17 heteroatoms. The molecule has 15 aliphatic rings. The highest BCUT2D eigenvalue weighted by atomic mass is 28.4. The Labute approximate surface area is 876 Å². The molecule has 0 bridgehead atoms. The first-order chi connectivity index (χ1) is 65.7. The molecular formula is C126H212O13Si4. The highest BCUT2D eigenvalue weighted by Gasteiger charge is 2.88. The number of allylic oxidation sites excluding steroid dienone is 6. The Morgan fingerprint density at radius 3 is 0.930 bits per heavy atom. The smallest absolute Gasteiger partial charge is 0.311 e. The number of carbonyl (C=O) groups excluding carboxylic acids is 1. The molecule has 17 rings (SSSR count). The Hall–Kier alpha value is -2.44. The van der Waals surface area contributed by atoms with E-state index in [-0.39, 0.29) is 163 Å². The minimum atomic E-state index is -2.56. The topological polar surface area (TPSA) is 205 Å². The Kier molecular flexibility index (Phi) is 30.7. The molecule has 13 nitrogen and oxygen atoms in total. The van der Waals surface area contributed by atoms with Gasteiger partial charge in [0, 0.05) is 64.0 Å². The zero-order valence-electron chi connectivity index (χ0n) is 97.9. The van der Waals surface area contributed by atoms with Crippen LogP contribution in [0.15, 0.2) is 95.6 Å². The third-order valence-corrected chi connectivity index (χ3v) is 67.1. The van der Waals surface area contributed by atoms with E-state index >= 15 is 0 Å². The van der Waals surface area contributed by atoms with E-state index in [4.69, 9.17) is 22.4 Å². The molecule has 143 heavy (non-hydrogen) atoms. The highest BCUT2D eigenvalue weighted by molar-refractivity contribution is 6.96. The van der Waals surface area contributed by atoms with Gasteiger partial charge in [-0.2, -0.15) is 0 Å². The van der Waals surface area contributed by atoms with Gasteiger partial charge in [-0.3, -0.25) is 4.79 Å². The number of carbonyl (C=O) groups is 1. The second-order valence-corrected chi connectivity index (χ2v) is 79.3. The number of hydrogen-bond donors (Lipinski definition) is 7. The minimum Gasteiger partial charge on any atom is -0.465 e. The monoisotopic (exact) mass is 2050 g/mol. The molecule has 0 radical (unpaired) electrons. The van der Waals surface area contributed by atoms with Gasteiger partial charge >= 0.3 is 5.97 Å². The fourth-order valence-electron chi connectivity index (χ4n) is 38.6. The summed E-state index contributed by atoms with van der Waals surface area (Å²) in [6.45, 7) is 87.7. The summed E-state index contributed by atoms with van der Waals surface area (Å²) in [4.78, 5) is 13.0. The summed E-state index contributed by atoms with van der Waals surface area (Å²) in [7, 11) is -8.21. The van der Waals surface area contributed by atoms with E-state index in [0.717, 1.165) is 161 Å². The molecule has 0 saturated heterocycles. The van der Waals surface area contributed by atoms with Crippen molar-refractivity contribution < 1.29 is 63.0 Å². The van der Waals surface area contributed by atoms with Crippen molar-refractivity contribution in [3.63, 3.8) is 0 Å². The molecule has 7 N–H and O–H groups in total. The number of ether oxygens (including phenoxy) is 1. The van der Waals surface area contributed by atoms with Gasteiger partial charge in [-0.05, 0) is 427 Å². The van der Waals surface area contributed by atoms with Crippen LogP contribution in [-0.4, -0.2) is 150 Å². The molecule has 15 fully saturated rings. The van der Waals surface area contributed by atoms with Crippen LogP contribution in [0.3, 0.4) is 0 Å². The van der Waals surface area contributed by atoms with Gasteiger partial charge in [0.25, 0.3) is 8.32 Å². The summed E-state index contributed by atoms with van der Waals surface area (Å²) in [6.07, 6.45) is 32.2. The number of hydrogen-bond acceptors (Lipinski definition) is 13. The Morgan fingerprint density at radius 2 is 0.657 bits per heavy atom. The summed E-state index contributed by atoms with van der Waals surface area (Å²) >= 11 is 0. The van der Waals surface area contributed by atoms with Crippen molar-refractivity contribution in [3.05, 3.63) is 95.6 Å². The predicted octanol–water partition coefficient (Wildman–Crippen LogP) is 28.3. The number of esters is 1. The van der Waals surface area contributed by atoms with E-state index in [9.17, 15) is 40.5 Å². The van der Waals surface area contributed by atoms with Crippen molar-refractivity contribution in [1.82, 2.24) is 0 Å². The third-order valence-electron chi connectivity index (χ3n) is 50.0. The summed E-state index contributed by atoms with van der Waals surface area (Å²) in [5.41, 5.74) is 1.85. The van der Waals surface area contributed by atoms with E-state index in [1.165, 1.54) is 39.9 Å². The van der Waals surface area contributed by atoms with Crippen LogP contribution in [0.25, 0.3) is 0 Å². The Balaban J connectivity index is 0.000000163. The van der Waals surface area contributed by atoms with Crippen molar-refractivity contribution in [1.29, 1.82) is 0 Å². The highest BCUT2D eigenvalue weighted by Crippen LogP contribution is 2.90. The molecule has 2 aromatic carbocycles. The molecule has 2 aromatic rings. The zero-order chi connectivity index (χ0) is 106. The molecule has 26 unspecified atom stereocenters. The van der Waals surface area contributed by atoms with E-state index < -0.39 is 57.0 Å². The second-order valence-electron chi connectivity index (χ2n) is 61.6. The lowest BCUT2D eigenvalue weighted by Crippen LogP contribution is -2.66. The van der Waals surface area contributed by atoms with E-state index in [0.29, 0.717) is 67.0 Å². The van der Waals surface area contributed by atoms with Gasteiger partial charge in [-0.1, -0.05) is 241 Å². The van der Waals surface area contributed by atoms with Crippen LogP contribution >= 0.6 is 0 Å². The van der Waals surface area contributed by atoms with Crippen LogP contribution in [0.1, 0.15) is 381 Å². The molecule has 0 heterocycles. The molecule has 0 aromatic heterocycles.